The average Bonchev–Trinajstić information content (AvgIpc) is 3.12. The second-order valence-electron chi connectivity index (χ2n) is 16.1. The molecule has 0 fully saturated rings. The monoisotopic (exact) mass is 787 g/mol. The average molecular weight is 787 g/mol. The molecule has 0 spiro atoms. The second kappa shape index (κ2) is 37.1. The Kier molecular flexibility index (Phi) is 36.1. The van der Waals surface area contributed by atoms with E-state index in [1.165, 1.54) is 116 Å². The van der Waals surface area contributed by atoms with Crippen molar-refractivity contribution in [2.45, 2.75) is 200 Å². The fourth-order valence-electron chi connectivity index (χ4n) is 5.97. The zero-order chi connectivity index (χ0) is 40.0. The van der Waals surface area contributed by atoms with Crippen molar-refractivity contribution in [2.75, 3.05) is 47.5 Å². The third kappa shape index (κ3) is 40.2. The summed E-state index contributed by atoms with van der Waals surface area (Å²) in [5.41, 5.74) is 0. The van der Waals surface area contributed by atoms with E-state index in [-0.39, 0.29) is 26.1 Å². The lowest BCUT2D eigenvalue weighted by Crippen LogP contribution is -2.37. The molecule has 0 saturated carbocycles. The lowest BCUT2D eigenvalue weighted by molar-refractivity contribution is -0.870. The molecule has 0 bridgehead atoms. The van der Waals surface area contributed by atoms with Crippen LogP contribution in [0.1, 0.15) is 194 Å². The summed E-state index contributed by atoms with van der Waals surface area (Å²) in [4.78, 5) is 35.3. The number of quaternary nitrogens is 1. The van der Waals surface area contributed by atoms with Crippen LogP contribution in [0, 0.1) is 0 Å². The molecule has 0 amide bonds. The molecule has 0 aliphatic carbocycles. The number of hydrogen-bond donors (Lipinski definition) is 1. The molecule has 0 aromatic heterocycles. The summed E-state index contributed by atoms with van der Waals surface area (Å²) in [5.74, 6) is -0.856. The molecule has 1 unspecified atom stereocenters. The largest absolute Gasteiger partial charge is 0.472 e. The van der Waals surface area contributed by atoms with Gasteiger partial charge in [-0.25, -0.2) is 4.57 Å². The predicted molar refractivity (Wildman–Crippen MR) is 224 cm³/mol. The van der Waals surface area contributed by atoms with Crippen LogP contribution in [0.5, 0.6) is 0 Å². The van der Waals surface area contributed by atoms with E-state index in [9.17, 15) is 19.0 Å². The van der Waals surface area contributed by atoms with Gasteiger partial charge in [0.15, 0.2) is 6.10 Å². The highest BCUT2D eigenvalue weighted by atomic mass is 31.2. The Bertz CT molecular complexity index is 980. The Hall–Kier alpha value is -1.51. The van der Waals surface area contributed by atoms with Crippen LogP contribution in [0.3, 0.4) is 0 Å². The molecule has 0 aromatic rings. The van der Waals surface area contributed by atoms with Gasteiger partial charge < -0.3 is 18.9 Å². The molecule has 1 N–H and O–H groups in total. The van der Waals surface area contributed by atoms with Crippen molar-refractivity contribution >= 4 is 19.8 Å². The van der Waals surface area contributed by atoms with Crippen molar-refractivity contribution < 1.29 is 42.1 Å². The van der Waals surface area contributed by atoms with E-state index in [1.54, 1.807) is 0 Å². The number of rotatable bonds is 40. The van der Waals surface area contributed by atoms with Crippen LogP contribution in [-0.4, -0.2) is 74.9 Å². The highest BCUT2D eigenvalue weighted by Crippen LogP contribution is 2.43. The predicted octanol–water partition coefficient (Wildman–Crippen LogP) is 12.4. The highest BCUT2D eigenvalue weighted by molar-refractivity contribution is 7.47. The Morgan fingerprint density at radius 1 is 0.556 bits per heavy atom. The van der Waals surface area contributed by atoms with Gasteiger partial charge in [-0.15, -0.1) is 0 Å². The molecule has 0 aliphatic heterocycles. The summed E-state index contributed by atoms with van der Waals surface area (Å²) in [5, 5.41) is 0. The molecule has 0 saturated heterocycles. The van der Waals surface area contributed by atoms with Crippen molar-refractivity contribution in [1.29, 1.82) is 0 Å². The number of allylic oxidation sites excluding steroid dienone is 4. The third-order valence-electron chi connectivity index (χ3n) is 9.47. The number of carbonyl (C=O) groups excluding carboxylic acids is 2. The third-order valence-corrected chi connectivity index (χ3v) is 10.5. The normalized spacial score (nSPS) is 13.8. The van der Waals surface area contributed by atoms with Gasteiger partial charge in [0.2, 0.25) is 0 Å². The molecule has 10 heteroatoms. The van der Waals surface area contributed by atoms with Gasteiger partial charge in [0.05, 0.1) is 27.7 Å². The van der Waals surface area contributed by atoms with E-state index >= 15 is 0 Å². The minimum atomic E-state index is -4.38. The van der Waals surface area contributed by atoms with Crippen molar-refractivity contribution in [3.63, 3.8) is 0 Å². The first-order valence-corrected chi connectivity index (χ1v) is 23.6. The van der Waals surface area contributed by atoms with Gasteiger partial charge >= 0.3 is 19.8 Å². The topological polar surface area (TPSA) is 108 Å². The van der Waals surface area contributed by atoms with Crippen LogP contribution in [0.2, 0.25) is 0 Å². The zero-order valence-electron chi connectivity index (χ0n) is 35.7. The quantitative estimate of drug-likeness (QED) is 0.0215. The van der Waals surface area contributed by atoms with E-state index in [2.05, 4.69) is 32.1 Å². The lowest BCUT2D eigenvalue weighted by atomic mass is 10.1. The molecular weight excluding hydrogens is 701 g/mol. The highest BCUT2D eigenvalue weighted by Gasteiger charge is 2.27. The number of ether oxygens (including phenoxy) is 2. The SMILES string of the molecule is CCCCCC/C=C/CCCCCCCCCC(=O)O[C@H](COC(=O)CC/C=C/CCCCCCCCCCCCC)COP(=O)(O)OCC[N+](C)(C)C. The van der Waals surface area contributed by atoms with Crippen LogP contribution in [0.15, 0.2) is 24.3 Å². The summed E-state index contributed by atoms with van der Waals surface area (Å²) < 4.78 is 34.2. The Morgan fingerprint density at radius 2 is 0.981 bits per heavy atom. The standard InChI is InChI=1S/C44H84NO8P/c1-6-8-10-12-14-16-18-20-22-24-26-28-30-32-34-36-43(46)50-40-42(41-52-54(48,49)51-39-38-45(3,4)5)53-44(47)37-35-33-31-29-27-25-23-21-19-17-15-13-11-9-7-2/h17,19,30,32,42H,6-16,18,20-29,31,33-41H2,1-5H3/p+1/b19-17+,32-30+/t42-/m1/s1. The molecule has 0 aliphatic rings. The molecule has 0 rings (SSSR count). The number of phosphoric ester groups is 1. The summed E-state index contributed by atoms with van der Waals surface area (Å²) >= 11 is 0. The fraction of sp³-hybridized carbons (Fsp3) is 0.864. The van der Waals surface area contributed by atoms with Crippen molar-refractivity contribution in [2.24, 2.45) is 0 Å². The molecule has 0 heterocycles. The first-order valence-electron chi connectivity index (χ1n) is 22.1. The van der Waals surface area contributed by atoms with Crippen molar-refractivity contribution in [3.8, 4) is 0 Å². The van der Waals surface area contributed by atoms with Crippen LogP contribution in [-0.2, 0) is 32.7 Å². The summed E-state index contributed by atoms with van der Waals surface area (Å²) in [6.07, 6.45) is 39.5. The molecular formula is C44H85NO8P+. The van der Waals surface area contributed by atoms with Crippen LogP contribution < -0.4 is 0 Å². The fourth-order valence-corrected chi connectivity index (χ4v) is 6.71. The lowest BCUT2D eigenvalue weighted by Gasteiger charge is -2.24. The van der Waals surface area contributed by atoms with E-state index in [0.717, 1.165) is 38.5 Å². The van der Waals surface area contributed by atoms with Gasteiger partial charge in [-0.2, -0.15) is 0 Å². The van der Waals surface area contributed by atoms with E-state index in [4.69, 9.17) is 18.5 Å². The molecule has 0 aromatic carbocycles. The van der Waals surface area contributed by atoms with Gasteiger partial charge in [0.25, 0.3) is 0 Å². The van der Waals surface area contributed by atoms with Crippen LogP contribution in [0.25, 0.3) is 0 Å². The van der Waals surface area contributed by atoms with Gasteiger partial charge in [0.1, 0.15) is 19.8 Å². The van der Waals surface area contributed by atoms with E-state index in [1.807, 2.05) is 27.2 Å². The van der Waals surface area contributed by atoms with Crippen molar-refractivity contribution in [3.05, 3.63) is 24.3 Å². The van der Waals surface area contributed by atoms with Gasteiger partial charge in [-0.3, -0.25) is 18.6 Å². The minimum absolute atomic E-state index is 0.0275. The van der Waals surface area contributed by atoms with Crippen LogP contribution in [0.4, 0.5) is 0 Å². The zero-order valence-corrected chi connectivity index (χ0v) is 36.6. The number of carbonyl (C=O) groups is 2. The smallest absolute Gasteiger partial charge is 0.462 e. The van der Waals surface area contributed by atoms with E-state index in [0.29, 0.717) is 23.9 Å². The number of likely N-dealkylation sites (N-methyl/N-ethyl adjacent to an activating group) is 1. The summed E-state index contributed by atoms with van der Waals surface area (Å²) in [6.45, 7) is 4.37. The molecule has 2 atom stereocenters. The van der Waals surface area contributed by atoms with E-state index < -0.39 is 32.5 Å². The Labute approximate surface area is 332 Å². The number of nitrogens with zero attached hydrogens (tertiary/aromatic N) is 1. The Balaban J connectivity index is 4.39. The molecule has 9 nitrogen and oxygen atoms in total. The summed E-state index contributed by atoms with van der Waals surface area (Å²) in [7, 11) is 1.46. The van der Waals surface area contributed by atoms with Gasteiger partial charge in [0, 0.05) is 12.8 Å². The number of phosphoric acid groups is 1. The minimum Gasteiger partial charge on any atom is -0.462 e. The van der Waals surface area contributed by atoms with Crippen molar-refractivity contribution in [1.82, 2.24) is 0 Å². The van der Waals surface area contributed by atoms with Gasteiger partial charge in [-0.05, 0) is 51.4 Å². The molecule has 54 heavy (non-hydrogen) atoms. The number of hydrogen-bond acceptors (Lipinski definition) is 7. The number of esters is 2. The molecule has 0 radical (unpaired) electrons. The van der Waals surface area contributed by atoms with Crippen LogP contribution >= 0.6 is 7.82 Å². The van der Waals surface area contributed by atoms with Gasteiger partial charge in [-0.1, -0.05) is 154 Å². The first-order chi connectivity index (χ1) is 26.0. The first kappa shape index (κ1) is 52.5. The number of unbranched alkanes of at least 4 members (excludes halogenated alkanes) is 22. The second-order valence-corrected chi connectivity index (χ2v) is 17.5. The maximum atomic E-state index is 12.7. The summed E-state index contributed by atoms with van der Waals surface area (Å²) in [6, 6.07) is 0. The molecule has 318 valence electrons. The maximum Gasteiger partial charge on any atom is 0.472 e. The Morgan fingerprint density at radius 3 is 1.46 bits per heavy atom. The maximum absolute atomic E-state index is 12.7.